The topological polar surface area (TPSA) is 12.4 Å². The van der Waals surface area contributed by atoms with Gasteiger partial charge in [0.05, 0.1) is 0 Å². The van der Waals surface area contributed by atoms with Crippen LogP contribution in [-0.2, 0) is 39.1 Å². The molecule has 0 spiro atoms. The fourth-order valence-corrected chi connectivity index (χ4v) is 1.13. The number of aryl methyl sites for hydroxylation is 1. The third-order valence-electron chi connectivity index (χ3n) is 1.69. The largest absolute Gasteiger partial charge is 0.288 e. The van der Waals surface area contributed by atoms with Gasteiger partial charge in [0, 0.05) is 41.1 Å². The van der Waals surface area contributed by atoms with Crippen LogP contribution in [0.15, 0.2) is 17.1 Å². The minimum Gasteiger partial charge on any atom is -0.288 e. The second kappa shape index (κ2) is 4.93. The van der Waals surface area contributed by atoms with Crippen molar-refractivity contribution in [2.24, 2.45) is 4.99 Å². The Kier molecular flexibility index (Phi) is 4.96. The van der Waals surface area contributed by atoms with E-state index >= 15 is 0 Å². The molecule has 0 atom stereocenters. The number of benzene rings is 1. The van der Waals surface area contributed by atoms with Crippen LogP contribution >= 0.6 is 0 Å². The molecule has 0 bridgehead atoms. The molecule has 0 aromatic heterocycles. The molecule has 0 unspecified atom stereocenters. The average molecular weight is 230 g/mol. The van der Waals surface area contributed by atoms with E-state index in [1.54, 1.807) is 0 Å². The van der Waals surface area contributed by atoms with Crippen LogP contribution in [0.4, 0.5) is 5.69 Å². The quantitative estimate of drug-likeness (QED) is 0.474. The third kappa shape index (κ3) is 2.27. The van der Waals surface area contributed by atoms with Crippen LogP contribution in [0.3, 0.4) is 0 Å². The first-order valence-electron chi connectivity index (χ1n) is 3.40. The SMILES string of the molecule is Cc1[c-]c2c(cc1)CC=N2.[B].[Y]. The summed E-state index contributed by atoms with van der Waals surface area (Å²) in [7, 11) is 0. The molecule has 2 rings (SSSR count). The van der Waals surface area contributed by atoms with Crippen molar-refractivity contribution in [3.8, 4) is 0 Å². The number of fused-ring (bicyclic) bond motifs is 1. The summed E-state index contributed by atoms with van der Waals surface area (Å²) in [5, 5.41) is 0. The molecule has 3 heteroatoms. The molecule has 4 radical (unpaired) electrons. The van der Waals surface area contributed by atoms with Gasteiger partial charge in [-0.1, -0.05) is 6.92 Å². The smallest absolute Gasteiger partial charge is 0 e. The van der Waals surface area contributed by atoms with Crippen LogP contribution in [0.1, 0.15) is 11.1 Å². The molecule has 0 fully saturated rings. The first-order valence-corrected chi connectivity index (χ1v) is 3.40. The van der Waals surface area contributed by atoms with E-state index < -0.39 is 0 Å². The van der Waals surface area contributed by atoms with Gasteiger partial charge in [0.25, 0.3) is 0 Å². The molecular weight excluding hydrogens is 222 g/mol. The van der Waals surface area contributed by atoms with Crippen molar-refractivity contribution < 1.29 is 32.7 Å². The zero-order chi connectivity index (χ0) is 6.97. The maximum absolute atomic E-state index is 4.18. The van der Waals surface area contributed by atoms with Crippen molar-refractivity contribution in [3.63, 3.8) is 0 Å². The third-order valence-corrected chi connectivity index (χ3v) is 1.69. The molecule has 1 heterocycles. The molecule has 0 saturated heterocycles. The first kappa shape index (κ1) is 12.1. The van der Waals surface area contributed by atoms with E-state index in [1.807, 2.05) is 13.1 Å². The van der Waals surface area contributed by atoms with Gasteiger partial charge >= 0.3 is 0 Å². The summed E-state index contributed by atoms with van der Waals surface area (Å²) in [5.74, 6) is 0. The molecule has 56 valence electrons. The van der Waals surface area contributed by atoms with Gasteiger partial charge in [0.1, 0.15) is 0 Å². The molecule has 0 saturated carbocycles. The van der Waals surface area contributed by atoms with Crippen LogP contribution in [0.25, 0.3) is 0 Å². The Labute approximate surface area is 100 Å². The molecule has 1 aromatic rings. The Bertz CT molecular complexity index is 297. The summed E-state index contributed by atoms with van der Waals surface area (Å²) in [4.78, 5) is 4.18. The van der Waals surface area contributed by atoms with E-state index in [2.05, 4.69) is 23.2 Å². The van der Waals surface area contributed by atoms with Crippen LogP contribution in [0.2, 0.25) is 0 Å². The Balaban J connectivity index is 0.000000605. The predicted molar refractivity (Wildman–Crippen MR) is 47.6 cm³/mol. The van der Waals surface area contributed by atoms with Gasteiger partial charge < -0.3 is 0 Å². The monoisotopic (exact) mass is 230 g/mol. The van der Waals surface area contributed by atoms with Gasteiger partial charge in [-0.2, -0.15) is 23.8 Å². The van der Waals surface area contributed by atoms with Crippen molar-refractivity contribution in [3.05, 3.63) is 29.3 Å². The van der Waals surface area contributed by atoms with Crippen molar-refractivity contribution in [1.29, 1.82) is 0 Å². The van der Waals surface area contributed by atoms with E-state index in [0.29, 0.717) is 0 Å². The van der Waals surface area contributed by atoms with Crippen molar-refractivity contribution >= 4 is 20.3 Å². The predicted octanol–water partition coefficient (Wildman–Crippen LogP) is 1.67. The fourth-order valence-electron chi connectivity index (χ4n) is 1.13. The Morgan fingerprint density at radius 3 is 2.92 bits per heavy atom. The van der Waals surface area contributed by atoms with Crippen molar-refractivity contribution in [2.75, 3.05) is 0 Å². The maximum Gasteiger partial charge on any atom is 0 e. The van der Waals surface area contributed by atoms with Crippen LogP contribution in [0, 0.1) is 13.0 Å². The second-order valence-corrected chi connectivity index (χ2v) is 2.53. The number of hydrogen-bond donors (Lipinski definition) is 0. The van der Waals surface area contributed by atoms with E-state index in [1.165, 1.54) is 5.56 Å². The van der Waals surface area contributed by atoms with Gasteiger partial charge in [-0.15, -0.1) is 5.56 Å². The van der Waals surface area contributed by atoms with Gasteiger partial charge in [0.2, 0.25) is 0 Å². The molecule has 0 amide bonds. The Hall–Kier alpha value is 0.0588. The zero-order valence-electron chi connectivity index (χ0n) is 7.04. The molecule has 1 aliphatic heterocycles. The molecule has 0 N–H and O–H groups in total. The number of rotatable bonds is 0. The summed E-state index contributed by atoms with van der Waals surface area (Å²) >= 11 is 0. The fraction of sp³-hybridized carbons (Fsp3) is 0.222. The van der Waals surface area contributed by atoms with Gasteiger partial charge in [-0.3, -0.25) is 4.99 Å². The summed E-state index contributed by atoms with van der Waals surface area (Å²) in [5.41, 5.74) is 3.49. The minimum atomic E-state index is 0. The molecule has 1 aliphatic rings. The van der Waals surface area contributed by atoms with Gasteiger partial charge in [-0.05, 0) is 18.3 Å². The van der Waals surface area contributed by atoms with Crippen molar-refractivity contribution in [2.45, 2.75) is 13.3 Å². The molecule has 1 aromatic carbocycles. The van der Waals surface area contributed by atoms with E-state index in [-0.39, 0.29) is 41.1 Å². The van der Waals surface area contributed by atoms with Crippen LogP contribution < -0.4 is 0 Å². The van der Waals surface area contributed by atoms with Crippen LogP contribution in [0.5, 0.6) is 0 Å². The Morgan fingerprint density at radius 2 is 2.17 bits per heavy atom. The van der Waals surface area contributed by atoms with E-state index in [4.69, 9.17) is 0 Å². The number of hydrogen-bond acceptors (Lipinski definition) is 1. The minimum absolute atomic E-state index is 0. The molecular formula is C9H8BNY-. The zero-order valence-corrected chi connectivity index (χ0v) is 9.88. The van der Waals surface area contributed by atoms with Crippen LogP contribution in [-0.4, -0.2) is 14.6 Å². The van der Waals surface area contributed by atoms with E-state index in [0.717, 1.165) is 17.7 Å². The second-order valence-electron chi connectivity index (χ2n) is 2.53. The summed E-state index contributed by atoms with van der Waals surface area (Å²) < 4.78 is 0. The summed E-state index contributed by atoms with van der Waals surface area (Å²) in [6.45, 7) is 2.04. The normalized spacial score (nSPS) is 11.4. The van der Waals surface area contributed by atoms with E-state index in [9.17, 15) is 0 Å². The Morgan fingerprint density at radius 1 is 1.42 bits per heavy atom. The van der Waals surface area contributed by atoms with Gasteiger partial charge in [0.15, 0.2) is 0 Å². The average Bonchev–Trinajstić information content (AvgIpc) is 2.33. The maximum atomic E-state index is 4.18. The molecule has 12 heavy (non-hydrogen) atoms. The number of nitrogens with zero attached hydrogens (tertiary/aromatic N) is 1. The molecule has 1 nitrogen and oxygen atoms in total. The first-order chi connectivity index (χ1) is 4.86. The molecule has 0 aliphatic carbocycles. The standard InChI is InChI=1S/C9H8N.B.Y/c1-7-2-3-8-4-5-10-9(8)6-7;;/h2-3,5H,4H2,1H3;;/q-1;;. The number of aliphatic imine (C=N–C) groups is 1. The summed E-state index contributed by atoms with van der Waals surface area (Å²) in [6.07, 6.45) is 2.91. The van der Waals surface area contributed by atoms with Crippen molar-refractivity contribution in [1.82, 2.24) is 0 Å². The van der Waals surface area contributed by atoms with Gasteiger partial charge in [-0.25, -0.2) is 0 Å². The summed E-state index contributed by atoms with van der Waals surface area (Å²) in [6, 6.07) is 7.39.